The summed E-state index contributed by atoms with van der Waals surface area (Å²) in [4.78, 5) is 16.5. The van der Waals surface area contributed by atoms with Gasteiger partial charge in [-0.3, -0.25) is 10.1 Å². The summed E-state index contributed by atoms with van der Waals surface area (Å²) in [6.07, 6.45) is 3.48. The minimum Gasteiger partial charge on any atom is -0.313 e. The normalized spacial score (nSPS) is 21.9. The molecule has 0 aliphatic heterocycles. The zero-order valence-electron chi connectivity index (χ0n) is 17.3. The molecule has 0 bridgehead atoms. The van der Waals surface area contributed by atoms with Gasteiger partial charge in [0.2, 0.25) is 0 Å². The molecule has 2 aromatic carbocycles. The highest BCUT2D eigenvalue weighted by molar-refractivity contribution is 7.07. The summed E-state index contributed by atoms with van der Waals surface area (Å²) in [5.41, 5.74) is 2.81. The molecular formula is C23H23Cl2N3O2S. The van der Waals surface area contributed by atoms with E-state index in [0.717, 1.165) is 28.2 Å². The lowest BCUT2D eigenvalue weighted by Crippen LogP contribution is -2.32. The number of halogens is 2. The van der Waals surface area contributed by atoms with Gasteiger partial charge in [0, 0.05) is 23.6 Å². The van der Waals surface area contributed by atoms with Gasteiger partial charge in [-0.2, -0.15) is 0 Å². The van der Waals surface area contributed by atoms with Crippen LogP contribution in [0.15, 0.2) is 52.8 Å². The predicted molar refractivity (Wildman–Crippen MR) is 127 cm³/mol. The molecule has 0 N–H and O–H groups in total. The zero-order chi connectivity index (χ0) is 22.1. The standard InChI is InChI=1S/C23H23Cl2N3O2S/c1-14-4-3-5-21(15(14)2)27-22(16-6-9-18(10-7-16)28(29)30)13-31-23(27)26-17-8-11-19(24)20(25)12-17/h6-15,21H,3-5H2,1-2H3. The molecule has 0 amide bonds. The van der Waals surface area contributed by atoms with E-state index in [2.05, 4.69) is 23.8 Å². The number of hydrogen-bond acceptors (Lipinski definition) is 4. The SMILES string of the molecule is CC1CCCC(n2c(-c3ccc([N+](=O)[O-])cc3)csc2=Nc2ccc(Cl)c(Cl)c2)C1C. The van der Waals surface area contributed by atoms with Gasteiger partial charge >= 0.3 is 0 Å². The smallest absolute Gasteiger partial charge is 0.269 e. The first-order chi connectivity index (χ1) is 14.8. The highest BCUT2D eigenvalue weighted by Gasteiger charge is 2.30. The van der Waals surface area contributed by atoms with Crippen LogP contribution in [0.2, 0.25) is 10.0 Å². The Kier molecular flexibility index (Phi) is 6.51. The Balaban J connectivity index is 1.86. The van der Waals surface area contributed by atoms with Gasteiger partial charge in [-0.15, -0.1) is 11.3 Å². The van der Waals surface area contributed by atoms with Crippen molar-refractivity contribution in [2.75, 3.05) is 0 Å². The molecular weight excluding hydrogens is 453 g/mol. The highest BCUT2D eigenvalue weighted by atomic mass is 35.5. The average molecular weight is 476 g/mol. The molecule has 0 spiro atoms. The number of nitro benzene ring substituents is 1. The third-order valence-electron chi connectivity index (χ3n) is 6.24. The van der Waals surface area contributed by atoms with Crippen LogP contribution in [-0.4, -0.2) is 9.49 Å². The Morgan fingerprint density at radius 3 is 2.52 bits per heavy atom. The van der Waals surface area contributed by atoms with Crippen molar-refractivity contribution in [3.8, 4) is 11.3 Å². The quantitative estimate of drug-likeness (QED) is 0.287. The number of benzene rings is 2. The maximum atomic E-state index is 11.1. The molecule has 1 aromatic heterocycles. The van der Waals surface area contributed by atoms with E-state index in [1.165, 1.54) is 12.8 Å². The van der Waals surface area contributed by atoms with E-state index >= 15 is 0 Å². The number of hydrogen-bond donors (Lipinski definition) is 0. The Morgan fingerprint density at radius 2 is 1.84 bits per heavy atom. The van der Waals surface area contributed by atoms with Gasteiger partial charge in [0.15, 0.2) is 4.80 Å². The maximum absolute atomic E-state index is 11.1. The highest BCUT2D eigenvalue weighted by Crippen LogP contribution is 2.40. The van der Waals surface area contributed by atoms with E-state index < -0.39 is 0 Å². The van der Waals surface area contributed by atoms with Gasteiger partial charge in [-0.05, 0) is 54.2 Å². The average Bonchev–Trinajstić information content (AvgIpc) is 3.16. The van der Waals surface area contributed by atoms with Crippen molar-refractivity contribution in [3.05, 3.63) is 72.8 Å². The Morgan fingerprint density at radius 1 is 1.10 bits per heavy atom. The molecule has 8 heteroatoms. The van der Waals surface area contributed by atoms with Crippen molar-refractivity contribution in [1.29, 1.82) is 0 Å². The van der Waals surface area contributed by atoms with Gasteiger partial charge in [0.25, 0.3) is 5.69 Å². The van der Waals surface area contributed by atoms with Crippen LogP contribution in [0.5, 0.6) is 0 Å². The van der Waals surface area contributed by atoms with Crippen molar-refractivity contribution in [3.63, 3.8) is 0 Å². The molecule has 31 heavy (non-hydrogen) atoms. The van der Waals surface area contributed by atoms with Gasteiger partial charge in [-0.25, -0.2) is 4.99 Å². The number of thiazole rings is 1. The van der Waals surface area contributed by atoms with Crippen molar-refractivity contribution < 1.29 is 4.92 Å². The number of nitrogens with zero attached hydrogens (tertiary/aromatic N) is 3. The van der Waals surface area contributed by atoms with Gasteiger partial charge < -0.3 is 4.57 Å². The molecule has 3 atom stereocenters. The van der Waals surface area contributed by atoms with Crippen molar-refractivity contribution in [1.82, 2.24) is 4.57 Å². The van der Waals surface area contributed by atoms with E-state index in [4.69, 9.17) is 28.2 Å². The van der Waals surface area contributed by atoms with Crippen LogP contribution < -0.4 is 4.80 Å². The molecule has 1 aliphatic rings. The summed E-state index contributed by atoms with van der Waals surface area (Å²) in [6.45, 7) is 4.62. The molecule has 0 radical (unpaired) electrons. The molecule has 1 saturated carbocycles. The third-order valence-corrected chi connectivity index (χ3v) is 7.82. The lowest BCUT2D eigenvalue weighted by Gasteiger charge is -2.36. The minimum absolute atomic E-state index is 0.0888. The summed E-state index contributed by atoms with van der Waals surface area (Å²) < 4.78 is 2.31. The van der Waals surface area contributed by atoms with E-state index in [-0.39, 0.29) is 10.6 Å². The first kappa shape index (κ1) is 22.1. The topological polar surface area (TPSA) is 60.4 Å². The fraction of sp³-hybridized carbons (Fsp3) is 0.348. The molecule has 1 aliphatic carbocycles. The van der Waals surface area contributed by atoms with E-state index in [1.807, 2.05) is 18.2 Å². The summed E-state index contributed by atoms with van der Waals surface area (Å²) >= 11 is 13.8. The lowest BCUT2D eigenvalue weighted by atomic mass is 9.78. The first-order valence-electron chi connectivity index (χ1n) is 10.3. The van der Waals surface area contributed by atoms with Gasteiger partial charge in [0.1, 0.15) is 0 Å². The maximum Gasteiger partial charge on any atom is 0.269 e. The second-order valence-electron chi connectivity index (χ2n) is 8.12. The fourth-order valence-electron chi connectivity index (χ4n) is 4.27. The largest absolute Gasteiger partial charge is 0.313 e. The number of aromatic nitrogens is 1. The van der Waals surface area contributed by atoms with Crippen LogP contribution in [0.4, 0.5) is 11.4 Å². The molecule has 162 valence electrons. The third kappa shape index (κ3) is 4.56. The first-order valence-corrected chi connectivity index (χ1v) is 11.9. The van der Waals surface area contributed by atoms with E-state index in [1.54, 1.807) is 35.6 Å². The van der Waals surface area contributed by atoms with E-state index in [0.29, 0.717) is 27.9 Å². The number of rotatable bonds is 4. The zero-order valence-corrected chi connectivity index (χ0v) is 19.6. The Bertz CT molecular complexity index is 1170. The van der Waals surface area contributed by atoms with Crippen molar-refractivity contribution >= 4 is 45.9 Å². The lowest BCUT2D eigenvalue weighted by molar-refractivity contribution is -0.384. The summed E-state index contributed by atoms with van der Waals surface area (Å²) in [5, 5.41) is 14.1. The van der Waals surface area contributed by atoms with Crippen molar-refractivity contribution in [2.24, 2.45) is 16.8 Å². The molecule has 1 fully saturated rings. The number of nitro groups is 1. The van der Waals surface area contributed by atoms with Crippen molar-refractivity contribution in [2.45, 2.75) is 39.2 Å². The molecule has 3 unspecified atom stereocenters. The molecule has 3 aromatic rings. The fourth-order valence-corrected chi connectivity index (χ4v) is 5.53. The van der Waals surface area contributed by atoms with Crippen LogP contribution in [0, 0.1) is 22.0 Å². The predicted octanol–water partition coefficient (Wildman–Crippen LogP) is 7.66. The molecule has 0 saturated heterocycles. The summed E-state index contributed by atoms with van der Waals surface area (Å²) in [7, 11) is 0. The summed E-state index contributed by atoms with van der Waals surface area (Å²) in [6, 6.07) is 12.4. The Hall–Kier alpha value is -2.15. The molecule has 4 rings (SSSR count). The van der Waals surface area contributed by atoms with Crippen LogP contribution in [0.25, 0.3) is 11.3 Å². The molecule has 5 nitrogen and oxygen atoms in total. The second-order valence-corrected chi connectivity index (χ2v) is 9.77. The van der Waals surface area contributed by atoms with E-state index in [9.17, 15) is 10.1 Å². The van der Waals surface area contributed by atoms with Crippen LogP contribution >= 0.6 is 34.5 Å². The van der Waals surface area contributed by atoms with Crippen LogP contribution in [0.1, 0.15) is 39.2 Å². The Labute approximate surface area is 195 Å². The molecule has 1 heterocycles. The monoisotopic (exact) mass is 475 g/mol. The summed E-state index contributed by atoms with van der Waals surface area (Å²) in [5.74, 6) is 1.11. The van der Waals surface area contributed by atoms with Crippen LogP contribution in [0.3, 0.4) is 0 Å². The van der Waals surface area contributed by atoms with Gasteiger partial charge in [-0.1, -0.05) is 49.9 Å². The van der Waals surface area contributed by atoms with Gasteiger partial charge in [0.05, 0.1) is 26.3 Å². The second kappa shape index (κ2) is 9.15. The number of non-ortho nitro benzene ring substituents is 1. The van der Waals surface area contributed by atoms with Crippen LogP contribution in [-0.2, 0) is 0 Å². The minimum atomic E-state index is -0.374.